The van der Waals surface area contributed by atoms with Gasteiger partial charge in [-0.3, -0.25) is 0 Å². The second-order valence-electron chi connectivity index (χ2n) is 7.51. The average molecular weight is 356 g/mol. The first-order chi connectivity index (χ1) is 12.6. The molecule has 0 N–H and O–H groups in total. The van der Waals surface area contributed by atoms with Crippen LogP contribution in [0.3, 0.4) is 0 Å². The lowest BCUT2D eigenvalue weighted by atomic mass is 9.89. The number of benzene rings is 2. The van der Waals surface area contributed by atoms with Gasteiger partial charge in [0.15, 0.2) is 0 Å². The van der Waals surface area contributed by atoms with Gasteiger partial charge in [0.05, 0.1) is 19.8 Å². The van der Waals surface area contributed by atoms with E-state index in [9.17, 15) is 0 Å². The predicted octanol–water partition coefficient (Wildman–Crippen LogP) is 4.68. The molecule has 2 aromatic rings. The topological polar surface area (TPSA) is 36.9 Å². The van der Waals surface area contributed by atoms with Crippen LogP contribution in [0.25, 0.3) is 0 Å². The molecule has 0 radical (unpaired) electrons. The molecule has 4 nitrogen and oxygen atoms in total. The summed E-state index contributed by atoms with van der Waals surface area (Å²) in [6, 6.07) is 20.3. The third-order valence-electron chi connectivity index (χ3n) is 4.60. The summed E-state index contributed by atoms with van der Waals surface area (Å²) in [5.74, 6) is 0. The molecular weight excluding hydrogens is 328 g/mol. The summed E-state index contributed by atoms with van der Waals surface area (Å²) in [5.41, 5.74) is 1.57. The molecule has 3 rings (SSSR count). The fourth-order valence-corrected chi connectivity index (χ4v) is 3.27. The number of hydrogen-bond acceptors (Lipinski definition) is 4. The highest BCUT2D eigenvalue weighted by Gasteiger charge is 2.46. The monoisotopic (exact) mass is 356 g/mol. The molecule has 0 saturated carbocycles. The lowest BCUT2D eigenvalue weighted by Gasteiger charge is -2.22. The molecule has 1 heterocycles. The predicted molar refractivity (Wildman–Crippen MR) is 100 cm³/mol. The van der Waals surface area contributed by atoms with Gasteiger partial charge in [0.2, 0.25) is 0 Å². The Hall–Kier alpha value is -1.72. The number of ether oxygens (including phenoxy) is 2. The van der Waals surface area contributed by atoms with E-state index in [0.717, 1.165) is 18.4 Å². The smallest absolute Gasteiger partial charge is 0.127 e. The molecule has 1 saturated heterocycles. The van der Waals surface area contributed by atoms with Crippen LogP contribution in [0.2, 0.25) is 0 Å². The lowest BCUT2D eigenvalue weighted by molar-refractivity contribution is -0.351. The fourth-order valence-electron chi connectivity index (χ4n) is 3.27. The lowest BCUT2D eigenvalue weighted by Crippen LogP contribution is -2.33. The molecule has 0 aromatic heterocycles. The summed E-state index contributed by atoms with van der Waals surface area (Å²) in [4.78, 5) is 11.3. The summed E-state index contributed by atoms with van der Waals surface area (Å²) in [7, 11) is 0. The third-order valence-corrected chi connectivity index (χ3v) is 4.60. The van der Waals surface area contributed by atoms with E-state index in [-0.39, 0.29) is 5.60 Å². The van der Waals surface area contributed by atoms with Crippen molar-refractivity contribution in [1.29, 1.82) is 0 Å². The van der Waals surface area contributed by atoms with Gasteiger partial charge in [0.25, 0.3) is 0 Å². The van der Waals surface area contributed by atoms with E-state index >= 15 is 0 Å². The van der Waals surface area contributed by atoms with Crippen molar-refractivity contribution in [3.63, 3.8) is 0 Å². The van der Waals surface area contributed by atoms with Gasteiger partial charge in [0, 0.05) is 19.4 Å². The Morgan fingerprint density at radius 3 is 1.92 bits per heavy atom. The quantitative estimate of drug-likeness (QED) is 0.483. The van der Waals surface area contributed by atoms with Gasteiger partial charge in [-0.05, 0) is 25.0 Å². The van der Waals surface area contributed by atoms with Crippen LogP contribution in [-0.4, -0.2) is 24.4 Å². The maximum atomic E-state index is 5.85. The molecule has 0 bridgehead atoms. The van der Waals surface area contributed by atoms with Gasteiger partial charge in [-0.25, -0.2) is 9.78 Å². The summed E-state index contributed by atoms with van der Waals surface area (Å²) in [6.45, 7) is 6.44. The van der Waals surface area contributed by atoms with E-state index in [1.807, 2.05) is 43.3 Å². The van der Waals surface area contributed by atoms with Gasteiger partial charge in [-0.1, -0.05) is 60.7 Å². The Balaban J connectivity index is 1.38. The molecule has 1 aliphatic rings. The van der Waals surface area contributed by atoms with E-state index in [2.05, 4.69) is 31.2 Å². The average Bonchev–Trinajstić information content (AvgIpc) is 2.96. The van der Waals surface area contributed by atoms with Crippen molar-refractivity contribution in [3.8, 4) is 0 Å². The van der Waals surface area contributed by atoms with E-state index in [0.29, 0.717) is 26.4 Å². The zero-order chi connectivity index (χ0) is 18.3. The molecule has 1 aliphatic heterocycles. The minimum atomic E-state index is -0.428. The van der Waals surface area contributed by atoms with Gasteiger partial charge < -0.3 is 9.47 Å². The Bertz CT molecular complexity index is 660. The Morgan fingerprint density at radius 2 is 1.31 bits per heavy atom. The minimum Gasteiger partial charge on any atom is -0.377 e. The first kappa shape index (κ1) is 19.1. The van der Waals surface area contributed by atoms with Crippen LogP contribution < -0.4 is 0 Å². The third kappa shape index (κ3) is 5.64. The zero-order valence-electron chi connectivity index (χ0n) is 15.6. The van der Waals surface area contributed by atoms with Gasteiger partial charge in [-0.2, -0.15) is 0 Å². The van der Waals surface area contributed by atoms with Gasteiger partial charge in [-0.15, -0.1) is 0 Å². The fraction of sp³-hybridized carbons (Fsp3) is 0.455. The van der Waals surface area contributed by atoms with Crippen LogP contribution in [0.5, 0.6) is 0 Å². The van der Waals surface area contributed by atoms with Crippen molar-refractivity contribution >= 4 is 0 Å². The SMILES string of the molecule is CC1(CCOCc2ccccc2)CC(C)(COCc2ccccc2)OO1. The summed E-state index contributed by atoms with van der Waals surface area (Å²) < 4.78 is 11.6. The molecule has 2 aromatic carbocycles. The van der Waals surface area contributed by atoms with Crippen molar-refractivity contribution in [2.45, 2.75) is 51.1 Å². The van der Waals surface area contributed by atoms with E-state index in [1.54, 1.807) is 0 Å². The first-order valence-electron chi connectivity index (χ1n) is 9.17. The molecule has 4 heteroatoms. The van der Waals surface area contributed by atoms with Gasteiger partial charge >= 0.3 is 0 Å². The normalized spacial score (nSPS) is 25.5. The zero-order valence-corrected chi connectivity index (χ0v) is 15.6. The van der Waals surface area contributed by atoms with Crippen LogP contribution >= 0.6 is 0 Å². The van der Waals surface area contributed by atoms with Crippen LogP contribution in [0.15, 0.2) is 60.7 Å². The first-order valence-corrected chi connectivity index (χ1v) is 9.17. The Labute approximate surface area is 156 Å². The molecule has 0 spiro atoms. The molecule has 2 unspecified atom stereocenters. The maximum Gasteiger partial charge on any atom is 0.127 e. The molecule has 0 amide bonds. The standard InChI is InChI=1S/C22H28O4/c1-21(13-14-23-15-19-9-5-3-6-10-19)17-22(2,26-25-21)18-24-16-20-11-7-4-8-12-20/h3-12H,13-18H2,1-2H3. The van der Waals surface area contributed by atoms with Crippen LogP contribution in [-0.2, 0) is 32.5 Å². The highest BCUT2D eigenvalue weighted by Crippen LogP contribution is 2.38. The number of hydrogen-bond donors (Lipinski definition) is 0. The van der Waals surface area contributed by atoms with Crippen LogP contribution in [0.4, 0.5) is 0 Å². The maximum absolute atomic E-state index is 5.85. The highest BCUT2D eigenvalue weighted by molar-refractivity contribution is 5.14. The molecule has 0 aliphatic carbocycles. The van der Waals surface area contributed by atoms with Crippen molar-refractivity contribution in [3.05, 3.63) is 71.8 Å². The summed E-state index contributed by atoms with van der Waals surface area (Å²) >= 11 is 0. The van der Waals surface area contributed by atoms with E-state index < -0.39 is 5.60 Å². The van der Waals surface area contributed by atoms with Crippen molar-refractivity contribution < 1.29 is 19.2 Å². The second kappa shape index (κ2) is 8.78. The van der Waals surface area contributed by atoms with Crippen LogP contribution in [0, 0.1) is 0 Å². The molecule has 1 fully saturated rings. The van der Waals surface area contributed by atoms with E-state index in [1.165, 1.54) is 5.56 Å². The van der Waals surface area contributed by atoms with Crippen molar-refractivity contribution in [2.75, 3.05) is 13.2 Å². The van der Waals surface area contributed by atoms with Crippen LogP contribution in [0.1, 0.15) is 37.8 Å². The second-order valence-corrected chi connectivity index (χ2v) is 7.51. The largest absolute Gasteiger partial charge is 0.377 e. The van der Waals surface area contributed by atoms with Crippen molar-refractivity contribution in [2.24, 2.45) is 0 Å². The van der Waals surface area contributed by atoms with Crippen molar-refractivity contribution in [1.82, 2.24) is 0 Å². The Morgan fingerprint density at radius 1 is 0.769 bits per heavy atom. The molecule has 2 atom stereocenters. The summed E-state index contributed by atoms with van der Waals surface area (Å²) in [5, 5.41) is 0. The molecule has 26 heavy (non-hydrogen) atoms. The van der Waals surface area contributed by atoms with E-state index in [4.69, 9.17) is 19.2 Å². The minimum absolute atomic E-state index is 0.346. The van der Waals surface area contributed by atoms with Gasteiger partial charge in [0.1, 0.15) is 11.2 Å². The Kier molecular flexibility index (Phi) is 6.43. The molecule has 140 valence electrons. The molecular formula is C22H28O4. The number of rotatable bonds is 9. The summed E-state index contributed by atoms with van der Waals surface area (Å²) in [6.07, 6.45) is 1.57. The highest BCUT2D eigenvalue weighted by atomic mass is 17.2.